The van der Waals surface area contributed by atoms with E-state index in [0.29, 0.717) is 0 Å². The lowest BCUT2D eigenvalue weighted by Gasteiger charge is -2.29. The van der Waals surface area contributed by atoms with E-state index < -0.39 is 11.2 Å². The molecule has 0 aromatic heterocycles. The SMILES string of the molecule is CC(C)(C)OOC(C)(C)c1ccc(C(C)(C)OO)cc1. The van der Waals surface area contributed by atoms with E-state index in [1.807, 2.05) is 58.9 Å². The summed E-state index contributed by atoms with van der Waals surface area (Å²) >= 11 is 0. The fraction of sp³-hybridized carbons (Fsp3) is 0.625. The summed E-state index contributed by atoms with van der Waals surface area (Å²) in [6, 6.07) is 7.71. The van der Waals surface area contributed by atoms with Crippen molar-refractivity contribution in [3.8, 4) is 0 Å². The molecule has 0 amide bonds. The molecule has 0 fully saturated rings. The fourth-order valence-corrected chi connectivity index (χ4v) is 1.60. The molecular formula is C16H26O4. The Labute approximate surface area is 121 Å². The van der Waals surface area contributed by atoms with Gasteiger partial charge >= 0.3 is 0 Å². The lowest BCUT2D eigenvalue weighted by molar-refractivity contribution is -0.401. The Morgan fingerprint density at radius 3 is 1.45 bits per heavy atom. The molecule has 0 radical (unpaired) electrons. The molecule has 4 heteroatoms. The summed E-state index contributed by atoms with van der Waals surface area (Å²) in [5.74, 6) is 0. The average molecular weight is 282 g/mol. The number of hydrogen-bond donors (Lipinski definition) is 1. The average Bonchev–Trinajstić information content (AvgIpc) is 2.36. The molecule has 1 N–H and O–H groups in total. The lowest BCUT2D eigenvalue weighted by atomic mass is 9.92. The van der Waals surface area contributed by atoms with E-state index >= 15 is 0 Å². The monoisotopic (exact) mass is 282 g/mol. The van der Waals surface area contributed by atoms with Gasteiger partial charge in [-0.15, -0.1) is 0 Å². The van der Waals surface area contributed by atoms with Gasteiger partial charge in [0, 0.05) is 0 Å². The van der Waals surface area contributed by atoms with Gasteiger partial charge in [-0.1, -0.05) is 24.3 Å². The fourth-order valence-electron chi connectivity index (χ4n) is 1.60. The van der Waals surface area contributed by atoms with Gasteiger partial charge in [-0.25, -0.2) is 14.7 Å². The third kappa shape index (κ3) is 4.56. The quantitative estimate of drug-likeness (QED) is 0.642. The third-order valence-corrected chi connectivity index (χ3v) is 3.00. The van der Waals surface area contributed by atoms with Gasteiger partial charge in [-0.05, 0) is 59.6 Å². The molecule has 0 spiro atoms. The zero-order valence-electron chi connectivity index (χ0n) is 13.5. The number of hydrogen-bond acceptors (Lipinski definition) is 4. The summed E-state index contributed by atoms with van der Waals surface area (Å²) in [6.07, 6.45) is 0. The largest absolute Gasteiger partial charge is 0.251 e. The van der Waals surface area contributed by atoms with Crippen molar-refractivity contribution >= 4 is 0 Å². The molecule has 0 aliphatic carbocycles. The van der Waals surface area contributed by atoms with Crippen LogP contribution in [0, 0.1) is 0 Å². The number of benzene rings is 1. The molecule has 0 saturated heterocycles. The second kappa shape index (κ2) is 5.82. The summed E-state index contributed by atoms with van der Waals surface area (Å²) in [7, 11) is 0. The van der Waals surface area contributed by atoms with Crippen LogP contribution in [0.5, 0.6) is 0 Å². The zero-order chi connectivity index (χ0) is 15.6. The Balaban J connectivity index is 2.87. The Kier molecular flexibility index (Phi) is 4.98. The maximum Gasteiger partial charge on any atom is 0.123 e. The van der Waals surface area contributed by atoms with Crippen LogP contribution in [-0.2, 0) is 25.9 Å². The molecule has 0 unspecified atom stereocenters. The number of rotatable bonds is 5. The van der Waals surface area contributed by atoms with E-state index in [-0.39, 0.29) is 5.60 Å². The highest BCUT2D eigenvalue weighted by atomic mass is 17.2. The van der Waals surface area contributed by atoms with Crippen molar-refractivity contribution in [2.75, 3.05) is 0 Å². The van der Waals surface area contributed by atoms with Gasteiger partial charge in [0.2, 0.25) is 0 Å². The van der Waals surface area contributed by atoms with Crippen LogP contribution in [0.25, 0.3) is 0 Å². The third-order valence-electron chi connectivity index (χ3n) is 3.00. The molecule has 0 atom stereocenters. The summed E-state index contributed by atoms with van der Waals surface area (Å²) in [6.45, 7) is 13.3. The topological polar surface area (TPSA) is 47.9 Å². The van der Waals surface area contributed by atoms with Crippen LogP contribution >= 0.6 is 0 Å². The minimum Gasteiger partial charge on any atom is -0.251 e. The molecule has 114 valence electrons. The van der Waals surface area contributed by atoms with E-state index in [1.165, 1.54) is 0 Å². The maximum absolute atomic E-state index is 8.91. The molecule has 4 nitrogen and oxygen atoms in total. The minimum absolute atomic E-state index is 0.357. The van der Waals surface area contributed by atoms with Crippen molar-refractivity contribution < 1.29 is 19.9 Å². The van der Waals surface area contributed by atoms with Gasteiger partial charge < -0.3 is 0 Å². The van der Waals surface area contributed by atoms with Crippen molar-refractivity contribution in [3.05, 3.63) is 35.4 Å². The van der Waals surface area contributed by atoms with Crippen LogP contribution in [0.1, 0.15) is 59.6 Å². The zero-order valence-corrected chi connectivity index (χ0v) is 13.5. The van der Waals surface area contributed by atoms with Crippen molar-refractivity contribution in [2.45, 2.75) is 65.3 Å². The molecule has 1 rings (SSSR count). The summed E-state index contributed by atoms with van der Waals surface area (Å²) in [5, 5.41) is 8.91. The van der Waals surface area contributed by atoms with Gasteiger partial charge in [0.25, 0.3) is 0 Å². The normalized spacial score (nSPS) is 13.6. The van der Waals surface area contributed by atoms with Crippen LogP contribution in [0.4, 0.5) is 0 Å². The Morgan fingerprint density at radius 1 is 0.700 bits per heavy atom. The predicted octanol–water partition coefficient (Wildman–Crippen LogP) is 4.39. The first-order chi connectivity index (χ1) is 8.98. The Morgan fingerprint density at radius 2 is 1.10 bits per heavy atom. The van der Waals surface area contributed by atoms with Crippen LogP contribution in [-0.4, -0.2) is 10.9 Å². The molecule has 0 aliphatic rings. The van der Waals surface area contributed by atoms with Gasteiger partial charge in [-0.2, -0.15) is 0 Å². The highest BCUT2D eigenvalue weighted by Crippen LogP contribution is 2.30. The summed E-state index contributed by atoms with van der Waals surface area (Å²) < 4.78 is 0. The van der Waals surface area contributed by atoms with Crippen molar-refractivity contribution in [3.63, 3.8) is 0 Å². The molecule has 0 saturated carbocycles. The molecule has 0 heterocycles. The standard InChI is InChI=1S/C16H26O4/c1-14(2,3)19-20-16(6,7)13-10-8-12(9-11-13)15(4,5)18-17/h8-11,17H,1-7H3. The van der Waals surface area contributed by atoms with Gasteiger partial charge in [0.1, 0.15) is 11.2 Å². The first-order valence-corrected chi connectivity index (χ1v) is 6.78. The van der Waals surface area contributed by atoms with E-state index in [1.54, 1.807) is 13.8 Å². The summed E-state index contributed by atoms with van der Waals surface area (Å²) in [4.78, 5) is 15.4. The highest BCUT2D eigenvalue weighted by Gasteiger charge is 2.27. The van der Waals surface area contributed by atoms with Gasteiger partial charge in [0.15, 0.2) is 0 Å². The van der Waals surface area contributed by atoms with Gasteiger partial charge in [-0.3, -0.25) is 5.26 Å². The van der Waals surface area contributed by atoms with Crippen LogP contribution < -0.4 is 0 Å². The van der Waals surface area contributed by atoms with Crippen molar-refractivity contribution in [1.29, 1.82) is 0 Å². The molecule has 1 aromatic rings. The lowest BCUT2D eigenvalue weighted by Crippen LogP contribution is -2.29. The van der Waals surface area contributed by atoms with Crippen molar-refractivity contribution in [2.24, 2.45) is 0 Å². The van der Waals surface area contributed by atoms with E-state index in [4.69, 9.17) is 15.0 Å². The minimum atomic E-state index is -0.731. The van der Waals surface area contributed by atoms with E-state index in [9.17, 15) is 0 Å². The van der Waals surface area contributed by atoms with Crippen LogP contribution in [0.3, 0.4) is 0 Å². The van der Waals surface area contributed by atoms with Crippen LogP contribution in [0.15, 0.2) is 24.3 Å². The second-order valence-corrected chi connectivity index (χ2v) is 6.97. The van der Waals surface area contributed by atoms with Gasteiger partial charge in [0.05, 0.1) is 5.60 Å². The predicted molar refractivity (Wildman–Crippen MR) is 78.1 cm³/mol. The first-order valence-electron chi connectivity index (χ1n) is 6.78. The Hall–Kier alpha value is -0.940. The smallest absolute Gasteiger partial charge is 0.123 e. The first kappa shape index (κ1) is 17.1. The molecule has 0 aliphatic heterocycles. The molecule has 20 heavy (non-hydrogen) atoms. The molecular weight excluding hydrogens is 256 g/mol. The molecule has 1 aromatic carbocycles. The molecule has 0 bridgehead atoms. The highest BCUT2D eigenvalue weighted by molar-refractivity contribution is 5.29. The Bertz CT molecular complexity index is 427. The van der Waals surface area contributed by atoms with E-state index in [2.05, 4.69) is 4.89 Å². The van der Waals surface area contributed by atoms with Crippen molar-refractivity contribution in [1.82, 2.24) is 0 Å². The summed E-state index contributed by atoms with van der Waals surface area (Å²) in [5.41, 5.74) is 0.223. The van der Waals surface area contributed by atoms with Crippen LogP contribution in [0.2, 0.25) is 0 Å². The second-order valence-electron chi connectivity index (χ2n) is 6.97. The maximum atomic E-state index is 8.91. The van der Waals surface area contributed by atoms with E-state index in [0.717, 1.165) is 11.1 Å².